The fraction of sp³-hybridized carbons (Fsp3) is 0.467. The first-order chi connectivity index (χ1) is 8.54. The minimum absolute atomic E-state index is 0.0534. The van der Waals surface area contributed by atoms with Crippen molar-refractivity contribution in [3.05, 3.63) is 43.4 Å². The predicted molar refractivity (Wildman–Crippen MR) is 77.4 cm³/mol. The molecule has 0 spiro atoms. The summed E-state index contributed by atoms with van der Waals surface area (Å²) < 4.78 is 8.83. The Morgan fingerprint density at radius 2 is 1.89 bits per heavy atom. The van der Waals surface area contributed by atoms with Crippen molar-refractivity contribution in [2.24, 2.45) is 0 Å². The molecule has 0 aromatic heterocycles. The lowest BCUT2D eigenvalue weighted by Gasteiger charge is -2.10. The molecule has 100 valence electrons. The normalized spacial score (nSPS) is 12.6. The molecule has 1 aromatic carbocycles. The van der Waals surface area contributed by atoms with Crippen molar-refractivity contribution in [3.63, 3.8) is 0 Å². The van der Waals surface area contributed by atoms with Crippen molar-refractivity contribution in [3.8, 4) is 0 Å². The van der Waals surface area contributed by atoms with Crippen LogP contribution in [0.15, 0.2) is 39.8 Å². The molecule has 0 amide bonds. The SMILES string of the molecule is CCCCO/C=C(/[I+]c1ccccc1)[Si](C)(C)C. The third kappa shape index (κ3) is 6.04. The smallest absolute Gasteiger partial charge is 0.350 e. The van der Waals surface area contributed by atoms with Crippen LogP contribution < -0.4 is 21.2 Å². The van der Waals surface area contributed by atoms with E-state index in [0.29, 0.717) is 0 Å². The number of rotatable bonds is 7. The summed E-state index contributed by atoms with van der Waals surface area (Å²) in [6.45, 7) is 10.3. The molecule has 0 N–H and O–H groups in total. The number of benzene rings is 1. The van der Waals surface area contributed by atoms with Crippen LogP contribution >= 0.6 is 0 Å². The van der Waals surface area contributed by atoms with Crippen LogP contribution in [-0.4, -0.2) is 14.7 Å². The topological polar surface area (TPSA) is 9.23 Å². The Kier molecular flexibility index (Phi) is 7.00. The van der Waals surface area contributed by atoms with Gasteiger partial charge in [0.1, 0.15) is 14.3 Å². The van der Waals surface area contributed by atoms with Crippen molar-refractivity contribution in [1.29, 1.82) is 0 Å². The Balaban J connectivity index is 2.68. The highest BCUT2D eigenvalue weighted by Crippen LogP contribution is 2.06. The number of ether oxygens (including phenoxy) is 1. The van der Waals surface area contributed by atoms with E-state index in [2.05, 4.69) is 63.2 Å². The van der Waals surface area contributed by atoms with Gasteiger partial charge >= 0.3 is 21.2 Å². The van der Waals surface area contributed by atoms with Gasteiger partial charge in [-0.25, -0.2) is 0 Å². The number of halogens is 1. The van der Waals surface area contributed by atoms with E-state index in [1.807, 2.05) is 0 Å². The third-order valence-corrected chi connectivity index (χ3v) is 11.7. The van der Waals surface area contributed by atoms with Crippen LogP contribution in [-0.2, 0) is 4.74 Å². The van der Waals surface area contributed by atoms with E-state index in [9.17, 15) is 0 Å². The van der Waals surface area contributed by atoms with E-state index in [0.717, 1.165) is 13.0 Å². The highest BCUT2D eigenvalue weighted by atomic mass is 127. The lowest BCUT2D eigenvalue weighted by Crippen LogP contribution is -3.61. The van der Waals surface area contributed by atoms with E-state index in [1.54, 1.807) is 3.20 Å². The fourth-order valence-electron chi connectivity index (χ4n) is 1.30. The Hall–Kier alpha value is -0.293. The van der Waals surface area contributed by atoms with Crippen LogP contribution in [0.1, 0.15) is 19.8 Å². The molecule has 0 saturated carbocycles. The fourth-order valence-corrected chi connectivity index (χ4v) is 6.93. The summed E-state index contributed by atoms with van der Waals surface area (Å²) in [5.74, 6) is 0. The molecule has 0 fully saturated rings. The first-order valence-corrected chi connectivity index (χ1v) is 12.2. The molecule has 18 heavy (non-hydrogen) atoms. The second-order valence-corrected chi connectivity index (χ2v) is 14.3. The molecule has 0 aliphatic carbocycles. The minimum Gasteiger partial charge on any atom is -0.497 e. The summed E-state index contributed by atoms with van der Waals surface area (Å²) in [5, 5.41) is 0. The second-order valence-electron chi connectivity index (χ2n) is 5.33. The highest BCUT2D eigenvalue weighted by Gasteiger charge is 2.33. The van der Waals surface area contributed by atoms with Gasteiger partial charge in [-0.3, -0.25) is 0 Å². The molecule has 1 nitrogen and oxygen atoms in total. The zero-order valence-corrected chi connectivity index (χ0v) is 15.0. The Morgan fingerprint density at radius 3 is 2.44 bits per heavy atom. The maximum Gasteiger partial charge on any atom is 0.350 e. The minimum atomic E-state index is -1.24. The molecule has 1 rings (SSSR count). The second kappa shape index (κ2) is 7.99. The largest absolute Gasteiger partial charge is 0.497 e. The Labute approximate surface area is 123 Å². The average molecular weight is 375 g/mol. The third-order valence-electron chi connectivity index (χ3n) is 2.46. The van der Waals surface area contributed by atoms with Crippen molar-refractivity contribution < 1.29 is 25.9 Å². The Morgan fingerprint density at radius 1 is 1.22 bits per heavy atom. The molecule has 0 bridgehead atoms. The quantitative estimate of drug-likeness (QED) is 0.304. The summed E-state index contributed by atoms with van der Waals surface area (Å²) in [6, 6.07) is 10.8. The molecular formula is C15H24IOSi+. The van der Waals surface area contributed by atoms with E-state index in [4.69, 9.17) is 4.74 Å². The molecule has 3 heteroatoms. The standard InChI is InChI=1S/C15H24IOSi/c1-5-6-12-17-13-15(18(2,3)4)16-14-10-8-7-9-11-14/h7-11,13H,5-6,12H2,1-4H3/q+1/b15-13-. The van der Waals surface area contributed by atoms with E-state index >= 15 is 0 Å². The molecule has 0 heterocycles. The monoisotopic (exact) mass is 375 g/mol. The summed E-state index contributed by atoms with van der Waals surface area (Å²) >= 11 is -0.0534. The van der Waals surface area contributed by atoms with Crippen molar-refractivity contribution in [1.82, 2.24) is 0 Å². The first-order valence-electron chi connectivity index (χ1n) is 6.56. The van der Waals surface area contributed by atoms with Gasteiger partial charge in [-0.1, -0.05) is 51.2 Å². The van der Waals surface area contributed by atoms with E-state index < -0.39 is 8.07 Å². The molecule has 0 unspecified atom stereocenters. The first kappa shape index (κ1) is 15.8. The number of hydrogen-bond acceptors (Lipinski definition) is 1. The van der Waals surface area contributed by atoms with Gasteiger partial charge < -0.3 is 4.74 Å². The van der Waals surface area contributed by atoms with Gasteiger partial charge in [0.15, 0.2) is 6.77 Å². The van der Waals surface area contributed by atoms with Gasteiger partial charge in [0.05, 0.1) is 6.61 Å². The molecule has 1 aromatic rings. The molecular weight excluding hydrogens is 351 g/mol. The summed E-state index contributed by atoms with van der Waals surface area (Å²) in [5.41, 5.74) is 0. The number of hydrogen-bond donors (Lipinski definition) is 0. The Bertz CT molecular complexity index is 368. The zero-order valence-electron chi connectivity index (χ0n) is 11.9. The molecule has 0 atom stereocenters. The van der Waals surface area contributed by atoms with Gasteiger partial charge in [-0.2, -0.15) is 0 Å². The molecule has 0 aliphatic heterocycles. The van der Waals surface area contributed by atoms with Gasteiger partial charge in [0.25, 0.3) is 0 Å². The van der Waals surface area contributed by atoms with Crippen LogP contribution in [0.3, 0.4) is 0 Å². The predicted octanol–water partition coefficient (Wildman–Crippen LogP) is 1.48. The van der Waals surface area contributed by atoms with Crippen LogP contribution in [0.25, 0.3) is 0 Å². The summed E-state index contributed by atoms with van der Waals surface area (Å²) in [7, 11) is -1.24. The van der Waals surface area contributed by atoms with Crippen molar-refractivity contribution in [2.75, 3.05) is 6.61 Å². The maximum absolute atomic E-state index is 5.74. The summed E-state index contributed by atoms with van der Waals surface area (Å²) in [4.78, 5) is 0. The summed E-state index contributed by atoms with van der Waals surface area (Å²) in [6.07, 6.45) is 4.44. The van der Waals surface area contributed by atoms with E-state index in [-0.39, 0.29) is 21.2 Å². The molecule has 0 aliphatic rings. The maximum atomic E-state index is 5.74. The van der Waals surface area contributed by atoms with Gasteiger partial charge in [-0.05, 0) is 18.6 Å². The van der Waals surface area contributed by atoms with Crippen LogP contribution in [0.2, 0.25) is 19.6 Å². The number of unbranched alkanes of at least 4 members (excludes halogenated alkanes) is 1. The average Bonchev–Trinajstić information content (AvgIpc) is 2.33. The zero-order chi connectivity index (χ0) is 13.4. The van der Waals surface area contributed by atoms with Crippen molar-refractivity contribution >= 4 is 8.07 Å². The molecule has 0 radical (unpaired) electrons. The van der Waals surface area contributed by atoms with Crippen LogP contribution in [0.5, 0.6) is 0 Å². The van der Waals surface area contributed by atoms with Crippen LogP contribution in [0, 0.1) is 3.57 Å². The lowest BCUT2D eigenvalue weighted by molar-refractivity contribution is -0.568. The highest BCUT2D eigenvalue weighted by molar-refractivity contribution is 6.82. The van der Waals surface area contributed by atoms with Crippen molar-refractivity contribution in [2.45, 2.75) is 39.4 Å². The lowest BCUT2D eigenvalue weighted by atomic mass is 10.4. The molecule has 0 saturated heterocycles. The van der Waals surface area contributed by atoms with Crippen LogP contribution in [0.4, 0.5) is 0 Å². The van der Waals surface area contributed by atoms with Gasteiger partial charge in [-0.15, -0.1) is 0 Å². The van der Waals surface area contributed by atoms with E-state index in [1.165, 1.54) is 9.99 Å². The van der Waals surface area contributed by atoms with Gasteiger partial charge in [0.2, 0.25) is 0 Å². The van der Waals surface area contributed by atoms with Gasteiger partial charge in [0, 0.05) is 0 Å².